The van der Waals surface area contributed by atoms with Gasteiger partial charge in [0.05, 0.1) is 0 Å². The van der Waals surface area contributed by atoms with Gasteiger partial charge < -0.3 is 15.2 Å². The van der Waals surface area contributed by atoms with Gasteiger partial charge in [0.25, 0.3) is 0 Å². The van der Waals surface area contributed by atoms with E-state index in [1.165, 1.54) is 0 Å². The lowest BCUT2D eigenvalue weighted by molar-refractivity contribution is -0.137. The van der Waals surface area contributed by atoms with E-state index in [-0.39, 0.29) is 12.5 Å². The minimum Gasteiger partial charge on any atom is -0.481 e. The number of alkyl carbamates (subject to hydrolysis) is 1. The second kappa shape index (κ2) is 10.5. The molecule has 0 aliphatic heterocycles. The maximum absolute atomic E-state index is 11.3. The number of nitrogens with one attached hydrogen (secondary N) is 1. The number of aliphatic carboxylic acids is 1. The molecule has 0 radical (unpaired) electrons. The normalized spacial score (nSPS) is 11.2. The number of rotatable bonds is 10. The molecule has 0 aromatic rings. The van der Waals surface area contributed by atoms with E-state index in [0.717, 1.165) is 44.9 Å². The summed E-state index contributed by atoms with van der Waals surface area (Å²) < 4.78 is 5.13. The molecule has 5 nitrogen and oxygen atoms in total. The smallest absolute Gasteiger partial charge is 0.407 e. The average molecular weight is 287 g/mol. The summed E-state index contributed by atoms with van der Waals surface area (Å²) in [5.41, 5.74) is -0.444. The lowest BCUT2D eigenvalue weighted by Gasteiger charge is -2.19. The Kier molecular flexibility index (Phi) is 9.86. The van der Waals surface area contributed by atoms with Crippen LogP contribution in [0.4, 0.5) is 4.79 Å². The molecule has 118 valence electrons. The summed E-state index contributed by atoms with van der Waals surface area (Å²) in [4.78, 5) is 21.6. The Morgan fingerprint density at radius 1 is 0.950 bits per heavy atom. The molecule has 2 N–H and O–H groups in total. The molecule has 5 heteroatoms. The van der Waals surface area contributed by atoms with Crippen LogP contribution < -0.4 is 5.32 Å². The van der Waals surface area contributed by atoms with Gasteiger partial charge in [-0.05, 0) is 33.6 Å². The number of carboxylic acids is 1. The number of amides is 1. The van der Waals surface area contributed by atoms with E-state index in [0.29, 0.717) is 6.54 Å². The fourth-order valence-corrected chi connectivity index (χ4v) is 1.79. The largest absolute Gasteiger partial charge is 0.481 e. The lowest BCUT2D eigenvalue weighted by atomic mass is 10.1. The Labute approximate surface area is 122 Å². The third-order valence-electron chi connectivity index (χ3n) is 2.74. The van der Waals surface area contributed by atoms with Crippen LogP contribution in [0.25, 0.3) is 0 Å². The quantitative estimate of drug-likeness (QED) is 0.600. The van der Waals surface area contributed by atoms with Crippen LogP contribution in [0.3, 0.4) is 0 Å². The summed E-state index contributed by atoms with van der Waals surface area (Å²) in [5.74, 6) is -0.710. The predicted octanol–water partition coefficient (Wildman–Crippen LogP) is 3.72. The van der Waals surface area contributed by atoms with Crippen LogP contribution in [-0.4, -0.2) is 29.3 Å². The van der Waals surface area contributed by atoms with Gasteiger partial charge in [-0.3, -0.25) is 4.79 Å². The van der Waals surface area contributed by atoms with Gasteiger partial charge in [-0.2, -0.15) is 0 Å². The van der Waals surface area contributed by atoms with Crippen molar-refractivity contribution in [3.8, 4) is 0 Å². The fourth-order valence-electron chi connectivity index (χ4n) is 1.79. The maximum Gasteiger partial charge on any atom is 0.407 e. The first-order valence-electron chi connectivity index (χ1n) is 7.50. The molecule has 0 saturated carbocycles. The highest BCUT2D eigenvalue weighted by atomic mass is 16.6. The SMILES string of the molecule is CC(C)(C)OC(=O)NCCCCCCCCCC(=O)O. The van der Waals surface area contributed by atoms with Crippen molar-refractivity contribution < 1.29 is 19.4 Å². The van der Waals surface area contributed by atoms with Crippen LogP contribution in [0.15, 0.2) is 0 Å². The zero-order chi connectivity index (χ0) is 15.4. The van der Waals surface area contributed by atoms with E-state index in [1.807, 2.05) is 20.8 Å². The first-order chi connectivity index (χ1) is 9.31. The third-order valence-corrected chi connectivity index (χ3v) is 2.74. The molecular weight excluding hydrogens is 258 g/mol. The molecule has 0 spiro atoms. The minimum atomic E-state index is -0.710. The molecule has 0 bridgehead atoms. The summed E-state index contributed by atoms with van der Waals surface area (Å²) in [6.45, 7) is 6.18. The highest BCUT2D eigenvalue weighted by Gasteiger charge is 2.15. The summed E-state index contributed by atoms with van der Waals surface area (Å²) in [6.07, 6.45) is 7.06. The summed E-state index contributed by atoms with van der Waals surface area (Å²) >= 11 is 0. The van der Waals surface area contributed by atoms with Gasteiger partial charge >= 0.3 is 12.1 Å². The number of carboxylic acid groups (broad SMARTS) is 1. The van der Waals surface area contributed by atoms with Crippen LogP contribution in [-0.2, 0) is 9.53 Å². The minimum absolute atomic E-state index is 0.278. The summed E-state index contributed by atoms with van der Waals surface area (Å²) in [6, 6.07) is 0. The zero-order valence-corrected chi connectivity index (χ0v) is 13.0. The van der Waals surface area contributed by atoms with E-state index in [9.17, 15) is 9.59 Å². The first kappa shape index (κ1) is 18.7. The Balaban J connectivity index is 3.25. The Morgan fingerprint density at radius 2 is 1.45 bits per heavy atom. The number of hydrogen-bond acceptors (Lipinski definition) is 3. The molecule has 0 unspecified atom stereocenters. The standard InChI is InChI=1S/C15H29NO4/c1-15(2,3)20-14(19)16-12-10-8-6-4-5-7-9-11-13(17)18/h4-12H2,1-3H3,(H,16,19)(H,17,18). The van der Waals surface area contributed by atoms with Crippen molar-refractivity contribution in [2.75, 3.05) is 6.54 Å². The molecule has 0 aromatic carbocycles. The molecular formula is C15H29NO4. The molecule has 0 aromatic heterocycles. The van der Waals surface area contributed by atoms with Crippen LogP contribution in [0.5, 0.6) is 0 Å². The number of hydrogen-bond donors (Lipinski definition) is 2. The predicted molar refractivity (Wildman–Crippen MR) is 78.8 cm³/mol. The fraction of sp³-hybridized carbons (Fsp3) is 0.867. The van der Waals surface area contributed by atoms with Gasteiger partial charge in [-0.1, -0.05) is 32.1 Å². The van der Waals surface area contributed by atoms with E-state index < -0.39 is 11.6 Å². The van der Waals surface area contributed by atoms with Crippen LogP contribution in [0, 0.1) is 0 Å². The molecule has 1 amide bonds. The van der Waals surface area contributed by atoms with Gasteiger partial charge in [0.1, 0.15) is 5.60 Å². The number of carbonyl (C=O) groups excluding carboxylic acids is 1. The van der Waals surface area contributed by atoms with E-state index >= 15 is 0 Å². The molecule has 20 heavy (non-hydrogen) atoms. The van der Waals surface area contributed by atoms with Gasteiger partial charge in [0.15, 0.2) is 0 Å². The Bertz CT molecular complexity index is 284. The lowest BCUT2D eigenvalue weighted by Crippen LogP contribution is -2.32. The van der Waals surface area contributed by atoms with Crippen molar-refractivity contribution in [2.24, 2.45) is 0 Å². The van der Waals surface area contributed by atoms with Crippen LogP contribution in [0.2, 0.25) is 0 Å². The number of unbranched alkanes of at least 4 members (excludes halogenated alkanes) is 6. The highest BCUT2D eigenvalue weighted by Crippen LogP contribution is 2.09. The molecule has 0 fully saturated rings. The zero-order valence-electron chi connectivity index (χ0n) is 13.0. The Hall–Kier alpha value is -1.26. The second-order valence-corrected chi connectivity index (χ2v) is 6.05. The van der Waals surface area contributed by atoms with Gasteiger partial charge in [0.2, 0.25) is 0 Å². The van der Waals surface area contributed by atoms with Crippen molar-refractivity contribution in [3.63, 3.8) is 0 Å². The van der Waals surface area contributed by atoms with Crippen molar-refractivity contribution in [1.82, 2.24) is 5.32 Å². The first-order valence-corrected chi connectivity index (χ1v) is 7.50. The average Bonchev–Trinajstić information content (AvgIpc) is 2.28. The molecule has 0 heterocycles. The van der Waals surface area contributed by atoms with Gasteiger partial charge in [0, 0.05) is 13.0 Å². The monoisotopic (exact) mass is 287 g/mol. The maximum atomic E-state index is 11.3. The molecule has 0 aliphatic rings. The van der Waals surface area contributed by atoms with Crippen molar-refractivity contribution in [3.05, 3.63) is 0 Å². The van der Waals surface area contributed by atoms with Crippen LogP contribution in [0.1, 0.15) is 72.1 Å². The topological polar surface area (TPSA) is 75.6 Å². The van der Waals surface area contributed by atoms with Gasteiger partial charge in [-0.15, -0.1) is 0 Å². The highest BCUT2D eigenvalue weighted by molar-refractivity contribution is 5.67. The Morgan fingerprint density at radius 3 is 1.95 bits per heavy atom. The van der Waals surface area contributed by atoms with E-state index in [4.69, 9.17) is 9.84 Å². The number of carbonyl (C=O) groups is 2. The molecule has 0 atom stereocenters. The van der Waals surface area contributed by atoms with Crippen molar-refractivity contribution >= 4 is 12.1 Å². The van der Waals surface area contributed by atoms with E-state index in [1.54, 1.807) is 0 Å². The van der Waals surface area contributed by atoms with Crippen molar-refractivity contribution in [2.45, 2.75) is 77.7 Å². The van der Waals surface area contributed by atoms with E-state index in [2.05, 4.69) is 5.32 Å². The third kappa shape index (κ3) is 14.8. The van der Waals surface area contributed by atoms with Crippen molar-refractivity contribution in [1.29, 1.82) is 0 Å². The molecule has 0 saturated heterocycles. The molecule has 0 aliphatic carbocycles. The van der Waals surface area contributed by atoms with Gasteiger partial charge in [-0.25, -0.2) is 4.79 Å². The summed E-state index contributed by atoms with van der Waals surface area (Å²) in [7, 11) is 0. The summed E-state index contributed by atoms with van der Waals surface area (Å²) in [5, 5.41) is 11.2. The molecule has 0 rings (SSSR count). The number of ether oxygens (including phenoxy) is 1. The van der Waals surface area contributed by atoms with Crippen LogP contribution >= 0.6 is 0 Å². The second-order valence-electron chi connectivity index (χ2n) is 6.05.